The van der Waals surface area contributed by atoms with Crippen LogP contribution in [-0.2, 0) is 9.53 Å². The van der Waals surface area contributed by atoms with Crippen LogP contribution in [0, 0.1) is 15.9 Å². The van der Waals surface area contributed by atoms with Crippen molar-refractivity contribution in [2.45, 2.75) is 19.9 Å². The second kappa shape index (κ2) is 8.15. The SMILES string of the molecule is CCNC(COc1cc(F)ccc1[N+](=O)[O-])C(=O)OCC. The van der Waals surface area contributed by atoms with E-state index >= 15 is 0 Å². The van der Waals surface area contributed by atoms with Gasteiger partial charge in [0.25, 0.3) is 0 Å². The van der Waals surface area contributed by atoms with E-state index in [-0.39, 0.29) is 24.7 Å². The molecule has 1 rings (SSSR count). The van der Waals surface area contributed by atoms with Gasteiger partial charge in [-0.25, -0.2) is 4.39 Å². The molecule has 7 nitrogen and oxygen atoms in total. The Kier molecular flexibility index (Phi) is 6.54. The van der Waals surface area contributed by atoms with E-state index < -0.39 is 22.8 Å². The monoisotopic (exact) mass is 300 g/mol. The predicted octanol–water partition coefficient (Wildman–Crippen LogP) is 1.65. The van der Waals surface area contributed by atoms with Crippen molar-refractivity contribution in [3.05, 3.63) is 34.1 Å². The van der Waals surface area contributed by atoms with Crippen LogP contribution in [0.25, 0.3) is 0 Å². The first-order valence-corrected chi connectivity index (χ1v) is 6.46. The molecule has 8 heteroatoms. The molecular weight excluding hydrogens is 283 g/mol. The molecule has 0 spiro atoms. The third-order valence-electron chi connectivity index (χ3n) is 2.55. The average molecular weight is 300 g/mol. The molecule has 0 saturated carbocycles. The molecular formula is C13H17FN2O5. The van der Waals surface area contributed by atoms with Gasteiger partial charge < -0.3 is 14.8 Å². The maximum Gasteiger partial charge on any atom is 0.326 e. The Morgan fingerprint density at radius 1 is 1.48 bits per heavy atom. The van der Waals surface area contributed by atoms with E-state index in [9.17, 15) is 19.3 Å². The molecule has 1 aromatic carbocycles. The van der Waals surface area contributed by atoms with Crippen LogP contribution in [0.4, 0.5) is 10.1 Å². The number of rotatable bonds is 8. The molecule has 1 aromatic rings. The lowest BCUT2D eigenvalue weighted by molar-refractivity contribution is -0.385. The first-order valence-electron chi connectivity index (χ1n) is 6.46. The Morgan fingerprint density at radius 2 is 2.19 bits per heavy atom. The van der Waals surface area contributed by atoms with E-state index in [0.29, 0.717) is 6.54 Å². The summed E-state index contributed by atoms with van der Waals surface area (Å²) < 4.78 is 23.2. The highest BCUT2D eigenvalue weighted by molar-refractivity contribution is 5.76. The standard InChI is InChI=1S/C13H17FN2O5/c1-3-15-10(13(17)20-4-2)8-21-12-7-9(14)5-6-11(12)16(18)19/h5-7,10,15H,3-4,8H2,1-2H3. The van der Waals surface area contributed by atoms with Gasteiger partial charge in [0.1, 0.15) is 18.5 Å². The van der Waals surface area contributed by atoms with Crippen molar-refractivity contribution in [3.8, 4) is 5.75 Å². The number of carbonyl (C=O) groups is 1. The molecule has 0 heterocycles. The van der Waals surface area contributed by atoms with E-state index in [2.05, 4.69) is 5.32 Å². The molecule has 21 heavy (non-hydrogen) atoms. The zero-order chi connectivity index (χ0) is 15.8. The largest absolute Gasteiger partial charge is 0.484 e. The fraction of sp³-hybridized carbons (Fsp3) is 0.462. The van der Waals surface area contributed by atoms with E-state index in [1.807, 2.05) is 0 Å². The van der Waals surface area contributed by atoms with Gasteiger partial charge in [0.05, 0.1) is 11.5 Å². The van der Waals surface area contributed by atoms with Crippen molar-refractivity contribution < 1.29 is 23.6 Å². The van der Waals surface area contributed by atoms with E-state index in [0.717, 1.165) is 18.2 Å². The predicted molar refractivity (Wildman–Crippen MR) is 72.6 cm³/mol. The number of carbonyl (C=O) groups excluding carboxylic acids is 1. The van der Waals surface area contributed by atoms with Gasteiger partial charge in [0, 0.05) is 12.1 Å². The molecule has 1 unspecified atom stereocenters. The lowest BCUT2D eigenvalue weighted by atomic mass is 10.2. The highest BCUT2D eigenvalue weighted by Gasteiger charge is 2.22. The Hall–Kier alpha value is -2.22. The van der Waals surface area contributed by atoms with Crippen molar-refractivity contribution in [1.29, 1.82) is 0 Å². The maximum atomic E-state index is 13.2. The second-order valence-electron chi connectivity index (χ2n) is 4.04. The minimum Gasteiger partial charge on any atom is -0.484 e. The topological polar surface area (TPSA) is 90.7 Å². The van der Waals surface area contributed by atoms with Crippen molar-refractivity contribution in [1.82, 2.24) is 5.32 Å². The van der Waals surface area contributed by atoms with Crippen LogP contribution in [0.1, 0.15) is 13.8 Å². The van der Waals surface area contributed by atoms with Gasteiger partial charge in [-0.3, -0.25) is 14.9 Å². The number of hydrogen-bond donors (Lipinski definition) is 1. The second-order valence-corrected chi connectivity index (χ2v) is 4.04. The summed E-state index contributed by atoms with van der Waals surface area (Å²) in [4.78, 5) is 21.8. The van der Waals surface area contributed by atoms with Gasteiger partial charge in [-0.05, 0) is 19.5 Å². The first-order chi connectivity index (χ1) is 9.99. The summed E-state index contributed by atoms with van der Waals surface area (Å²) in [5.74, 6) is -1.42. The van der Waals surface area contributed by atoms with Gasteiger partial charge in [-0.15, -0.1) is 0 Å². The number of nitro groups is 1. The molecule has 116 valence electrons. The number of esters is 1. The van der Waals surface area contributed by atoms with E-state index in [1.54, 1.807) is 13.8 Å². The molecule has 0 radical (unpaired) electrons. The number of benzene rings is 1. The van der Waals surface area contributed by atoms with Crippen molar-refractivity contribution >= 4 is 11.7 Å². The van der Waals surface area contributed by atoms with E-state index in [4.69, 9.17) is 9.47 Å². The van der Waals surface area contributed by atoms with Crippen LogP contribution in [0.2, 0.25) is 0 Å². The molecule has 0 aliphatic rings. The maximum absolute atomic E-state index is 13.2. The highest BCUT2D eigenvalue weighted by Crippen LogP contribution is 2.27. The highest BCUT2D eigenvalue weighted by atomic mass is 19.1. The molecule has 0 aliphatic carbocycles. The van der Waals surface area contributed by atoms with Crippen LogP contribution < -0.4 is 10.1 Å². The molecule has 0 aliphatic heterocycles. The van der Waals surface area contributed by atoms with Crippen molar-refractivity contribution in [3.63, 3.8) is 0 Å². The van der Waals surface area contributed by atoms with Gasteiger partial charge in [0.15, 0.2) is 5.75 Å². The zero-order valence-corrected chi connectivity index (χ0v) is 11.8. The minimum absolute atomic E-state index is 0.197. The summed E-state index contributed by atoms with van der Waals surface area (Å²) in [6.45, 7) is 3.95. The van der Waals surface area contributed by atoms with Crippen LogP contribution in [-0.4, -0.2) is 36.7 Å². The quantitative estimate of drug-likeness (QED) is 0.446. The number of nitrogens with zero attached hydrogens (tertiary/aromatic N) is 1. The fourth-order valence-electron chi connectivity index (χ4n) is 1.63. The van der Waals surface area contributed by atoms with Gasteiger partial charge >= 0.3 is 11.7 Å². The Bertz CT molecular complexity index is 509. The van der Waals surface area contributed by atoms with Crippen LogP contribution in [0.15, 0.2) is 18.2 Å². The van der Waals surface area contributed by atoms with Crippen LogP contribution >= 0.6 is 0 Å². The molecule has 1 atom stereocenters. The Labute approximate surface area is 121 Å². The number of likely N-dealkylation sites (N-methyl/N-ethyl adjacent to an activating group) is 1. The van der Waals surface area contributed by atoms with Gasteiger partial charge in [-0.1, -0.05) is 6.92 Å². The van der Waals surface area contributed by atoms with Crippen LogP contribution in [0.5, 0.6) is 5.75 Å². The number of nitrogens with one attached hydrogen (secondary N) is 1. The minimum atomic E-state index is -0.780. The third-order valence-corrected chi connectivity index (χ3v) is 2.55. The normalized spacial score (nSPS) is 11.8. The summed E-state index contributed by atoms with van der Waals surface area (Å²) >= 11 is 0. The molecule has 0 amide bonds. The van der Waals surface area contributed by atoms with Crippen molar-refractivity contribution in [2.24, 2.45) is 0 Å². The summed E-state index contributed by atoms with van der Waals surface area (Å²) in [6, 6.07) is 2.11. The number of hydrogen-bond acceptors (Lipinski definition) is 6. The molecule has 1 N–H and O–H groups in total. The van der Waals surface area contributed by atoms with Crippen molar-refractivity contribution in [2.75, 3.05) is 19.8 Å². The summed E-state index contributed by atoms with van der Waals surface area (Å²) in [7, 11) is 0. The number of ether oxygens (including phenoxy) is 2. The van der Waals surface area contributed by atoms with Gasteiger partial charge in [0.2, 0.25) is 0 Å². The zero-order valence-electron chi connectivity index (χ0n) is 11.8. The average Bonchev–Trinajstić information content (AvgIpc) is 2.43. The smallest absolute Gasteiger partial charge is 0.326 e. The summed E-state index contributed by atoms with van der Waals surface area (Å²) in [5, 5.41) is 13.7. The first kappa shape index (κ1) is 16.8. The number of nitro benzene ring substituents is 1. The lowest BCUT2D eigenvalue weighted by Gasteiger charge is -2.16. The summed E-state index contributed by atoms with van der Waals surface area (Å²) in [5.41, 5.74) is -0.365. The Balaban J connectivity index is 2.82. The molecule has 0 bridgehead atoms. The molecule has 0 fully saturated rings. The molecule has 0 saturated heterocycles. The third kappa shape index (κ3) is 4.99. The van der Waals surface area contributed by atoms with Crippen LogP contribution in [0.3, 0.4) is 0 Å². The summed E-state index contributed by atoms with van der Waals surface area (Å²) in [6.07, 6.45) is 0. The van der Waals surface area contributed by atoms with E-state index in [1.165, 1.54) is 0 Å². The lowest BCUT2D eigenvalue weighted by Crippen LogP contribution is -2.42. The fourth-order valence-corrected chi connectivity index (χ4v) is 1.63. The number of halogens is 1. The molecule has 0 aromatic heterocycles. The Morgan fingerprint density at radius 3 is 2.76 bits per heavy atom. The van der Waals surface area contributed by atoms with Gasteiger partial charge in [-0.2, -0.15) is 0 Å².